The van der Waals surface area contributed by atoms with Gasteiger partial charge in [-0.1, -0.05) is 19.1 Å². The highest BCUT2D eigenvalue weighted by Crippen LogP contribution is 2.21. The average Bonchev–Trinajstić information content (AvgIpc) is 2.94. The third kappa shape index (κ3) is 2.35. The van der Waals surface area contributed by atoms with E-state index < -0.39 is 5.97 Å². The molecular formula is C15H14N4O2. The van der Waals surface area contributed by atoms with Crippen LogP contribution in [0.25, 0.3) is 16.7 Å². The van der Waals surface area contributed by atoms with Gasteiger partial charge in [-0.3, -0.25) is 4.57 Å². The Kier molecular flexibility index (Phi) is 3.35. The smallest absolute Gasteiger partial charge is 0.374 e. The second-order valence-electron chi connectivity index (χ2n) is 4.66. The molecule has 6 nitrogen and oxygen atoms in total. The van der Waals surface area contributed by atoms with Crippen molar-refractivity contribution in [2.75, 3.05) is 0 Å². The van der Waals surface area contributed by atoms with Gasteiger partial charge in [-0.05, 0) is 18.6 Å². The molecule has 0 atom stereocenters. The molecule has 3 aromatic rings. The Bertz CT molecular complexity index is 810. The van der Waals surface area contributed by atoms with Gasteiger partial charge in [-0.2, -0.15) is 0 Å². The zero-order valence-electron chi connectivity index (χ0n) is 11.5. The summed E-state index contributed by atoms with van der Waals surface area (Å²) in [7, 11) is 0. The van der Waals surface area contributed by atoms with E-state index in [4.69, 9.17) is 0 Å². The van der Waals surface area contributed by atoms with Crippen molar-refractivity contribution in [2.24, 2.45) is 0 Å². The second-order valence-corrected chi connectivity index (χ2v) is 4.66. The van der Waals surface area contributed by atoms with E-state index in [0.717, 1.165) is 24.1 Å². The molecule has 3 rings (SSSR count). The van der Waals surface area contributed by atoms with Crippen molar-refractivity contribution in [1.82, 2.24) is 19.5 Å². The number of imidazole rings is 1. The van der Waals surface area contributed by atoms with Gasteiger partial charge >= 0.3 is 5.97 Å². The monoisotopic (exact) mass is 282 g/mol. The minimum atomic E-state index is -1.14. The number of aromatic carboxylic acids is 1. The molecule has 1 N–H and O–H groups in total. The predicted octanol–water partition coefficient (Wildman–Crippen LogP) is 2.47. The summed E-state index contributed by atoms with van der Waals surface area (Å²) in [6.07, 6.45) is 5.24. The molecule has 1 aromatic carbocycles. The number of para-hydroxylation sites is 1. The van der Waals surface area contributed by atoms with Crippen LogP contribution in [0.2, 0.25) is 0 Å². The number of fused-ring (bicyclic) bond motifs is 1. The minimum absolute atomic E-state index is 0.208. The lowest BCUT2D eigenvalue weighted by Gasteiger charge is -2.10. The molecular weight excluding hydrogens is 268 g/mol. The van der Waals surface area contributed by atoms with E-state index >= 15 is 0 Å². The Morgan fingerprint density at radius 1 is 1.29 bits per heavy atom. The number of aromatic nitrogens is 4. The van der Waals surface area contributed by atoms with E-state index in [2.05, 4.69) is 21.9 Å². The number of carboxylic acids is 1. The quantitative estimate of drug-likeness (QED) is 0.795. The van der Waals surface area contributed by atoms with Crippen molar-refractivity contribution >= 4 is 16.9 Å². The standard InChI is InChI=1S/C15H14N4O2/c1-2-5-12-16-8-9-19(12)14-10-6-3-4-7-11(10)17-13(18-14)15(20)21/h3-4,6-9H,2,5H2,1H3,(H,20,21). The van der Waals surface area contributed by atoms with Crippen LogP contribution < -0.4 is 0 Å². The van der Waals surface area contributed by atoms with Crippen molar-refractivity contribution in [2.45, 2.75) is 19.8 Å². The van der Waals surface area contributed by atoms with Gasteiger partial charge in [-0.15, -0.1) is 0 Å². The van der Waals surface area contributed by atoms with Gasteiger partial charge in [-0.25, -0.2) is 19.7 Å². The Morgan fingerprint density at radius 3 is 2.86 bits per heavy atom. The maximum atomic E-state index is 11.2. The maximum Gasteiger partial charge on any atom is 0.374 e. The molecule has 2 heterocycles. The summed E-state index contributed by atoms with van der Waals surface area (Å²) in [4.78, 5) is 23.8. The van der Waals surface area contributed by atoms with Crippen LogP contribution in [0.4, 0.5) is 0 Å². The van der Waals surface area contributed by atoms with Crippen LogP contribution in [0.1, 0.15) is 29.8 Å². The van der Waals surface area contributed by atoms with E-state index in [-0.39, 0.29) is 5.82 Å². The third-order valence-electron chi connectivity index (χ3n) is 3.19. The lowest BCUT2D eigenvalue weighted by molar-refractivity contribution is 0.0684. The summed E-state index contributed by atoms with van der Waals surface area (Å²) in [5, 5.41) is 9.99. The summed E-state index contributed by atoms with van der Waals surface area (Å²) in [6, 6.07) is 7.37. The minimum Gasteiger partial charge on any atom is -0.475 e. The number of rotatable bonds is 4. The van der Waals surface area contributed by atoms with Gasteiger partial charge in [0.2, 0.25) is 5.82 Å². The first kappa shape index (κ1) is 13.2. The first-order chi connectivity index (χ1) is 10.2. The lowest BCUT2D eigenvalue weighted by Crippen LogP contribution is -2.10. The van der Waals surface area contributed by atoms with Crippen LogP contribution in [-0.2, 0) is 6.42 Å². The van der Waals surface area contributed by atoms with Crippen molar-refractivity contribution in [3.05, 3.63) is 48.3 Å². The fourth-order valence-electron chi connectivity index (χ4n) is 2.27. The van der Waals surface area contributed by atoms with Crippen LogP contribution >= 0.6 is 0 Å². The highest BCUT2D eigenvalue weighted by Gasteiger charge is 2.15. The Balaban J connectivity index is 2.29. The molecule has 0 spiro atoms. The Morgan fingerprint density at radius 2 is 2.10 bits per heavy atom. The molecule has 0 saturated heterocycles. The maximum absolute atomic E-state index is 11.2. The highest BCUT2D eigenvalue weighted by atomic mass is 16.4. The number of nitrogens with zero attached hydrogens (tertiary/aromatic N) is 4. The molecule has 0 unspecified atom stereocenters. The summed E-state index contributed by atoms with van der Waals surface area (Å²) in [6.45, 7) is 2.07. The SMILES string of the molecule is CCCc1nccn1-c1nc(C(=O)O)nc2ccccc12. The fourth-order valence-corrected chi connectivity index (χ4v) is 2.27. The van der Waals surface area contributed by atoms with Crippen molar-refractivity contribution in [1.29, 1.82) is 0 Å². The van der Waals surface area contributed by atoms with Crippen LogP contribution in [0.15, 0.2) is 36.7 Å². The fraction of sp³-hybridized carbons (Fsp3) is 0.200. The molecule has 0 amide bonds. The summed E-state index contributed by atoms with van der Waals surface area (Å²) < 4.78 is 1.83. The number of hydrogen-bond acceptors (Lipinski definition) is 4. The van der Waals surface area contributed by atoms with E-state index in [1.165, 1.54) is 0 Å². The summed E-state index contributed by atoms with van der Waals surface area (Å²) in [5.74, 6) is 0.0654. The van der Waals surface area contributed by atoms with E-state index in [0.29, 0.717) is 11.3 Å². The molecule has 0 fully saturated rings. The first-order valence-corrected chi connectivity index (χ1v) is 6.73. The Labute approximate surface area is 121 Å². The topological polar surface area (TPSA) is 80.9 Å². The van der Waals surface area contributed by atoms with Gasteiger partial charge in [0.25, 0.3) is 0 Å². The van der Waals surface area contributed by atoms with Crippen LogP contribution in [0.5, 0.6) is 0 Å². The van der Waals surface area contributed by atoms with E-state index in [9.17, 15) is 9.90 Å². The van der Waals surface area contributed by atoms with Crippen LogP contribution in [-0.4, -0.2) is 30.6 Å². The van der Waals surface area contributed by atoms with Crippen molar-refractivity contribution in [3.8, 4) is 5.82 Å². The number of aryl methyl sites for hydroxylation is 1. The molecule has 0 aliphatic rings. The number of hydrogen-bond donors (Lipinski definition) is 1. The molecule has 21 heavy (non-hydrogen) atoms. The number of benzene rings is 1. The Hall–Kier alpha value is -2.76. The molecule has 0 aliphatic heterocycles. The molecule has 106 valence electrons. The largest absolute Gasteiger partial charge is 0.475 e. The molecule has 0 saturated carbocycles. The molecule has 0 aliphatic carbocycles. The molecule has 6 heteroatoms. The van der Waals surface area contributed by atoms with Gasteiger partial charge in [0.15, 0.2) is 0 Å². The van der Waals surface area contributed by atoms with Crippen LogP contribution in [0, 0.1) is 0 Å². The zero-order chi connectivity index (χ0) is 14.8. The van der Waals surface area contributed by atoms with Gasteiger partial charge < -0.3 is 5.11 Å². The third-order valence-corrected chi connectivity index (χ3v) is 3.19. The van der Waals surface area contributed by atoms with Crippen LogP contribution in [0.3, 0.4) is 0 Å². The summed E-state index contributed by atoms with van der Waals surface area (Å²) >= 11 is 0. The number of carboxylic acid groups (broad SMARTS) is 1. The number of carbonyl (C=O) groups is 1. The van der Waals surface area contributed by atoms with Gasteiger partial charge in [0.1, 0.15) is 11.6 Å². The second kappa shape index (κ2) is 5.32. The zero-order valence-corrected chi connectivity index (χ0v) is 11.5. The normalized spacial score (nSPS) is 10.9. The molecule has 0 radical (unpaired) electrons. The highest BCUT2D eigenvalue weighted by molar-refractivity contribution is 5.91. The molecule has 2 aromatic heterocycles. The van der Waals surface area contributed by atoms with E-state index in [1.807, 2.05) is 22.8 Å². The van der Waals surface area contributed by atoms with Gasteiger partial charge in [0, 0.05) is 24.2 Å². The lowest BCUT2D eigenvalue weighted by atomic mass is 10.2. The molecule has 0 bridgehead atoms. The van der Waals surface area contributed by atoms with Gasteiger partial charge in [0.05, 0.1) is 5.52 Å². The van der Waals surface area contributed by atoms with Crippen molar-refractivity contribution in [3.63, 3.8) is 0 Å². The van der Waals surface area contributed by atoms with E-state index in [1.54, 1.807) is 18.5 Å². The first-order valence-electron chi connectivity index (χ1n) is 6.73. The van der Waals surface area contributed by atoms with Crippen molar-refractivity contribution < 1.29 is 9.90 Å². The predicted molar refractivity (Wildman–Crippen MR) is 77.6 cm³/mol. The summed E-state index contributed by atoms with van der Waals surface area (Å²) in [5.41, 5.74) is 0.607. The average molecular weight is 282 g/mol.